The van der Waals surface area contributed by atoms with Crippen molar-refractivity contribution in [3.8, 4) is 0 Å². The molecule has 0 aromatic heterocycles. The van der Waals surface area contributed by atoms with Crippen LogP contribution in [0.2, 0.25) is 0 Å². The normalized spacial score (nSPS) is 23.8. The van der Waals surface area contributed by atoms with E-state index in [-0.39, 0.29) is 10.8 Å². The summed E-state index contributed by atoms with van der Waals surface area (Å²) in [7, 11) is -3.80. The highest BCUT2D eigenvalue weighted by atomic mass is 79.9. The van der Waals surface area contributed by atoms with Crippen LogP contribution in [0.15, 0.2) is 27.6 Å². The maximum Gasteiger partial charge on any atom is 0.243 e. The van der Waals surface area contributed by atoms with Crippen molar-refractivity contribution in [1.29, 1.82) is 0 Å². The third-order valence-corrected chi connectivity index (χ3v) is 6.69. The molecule has 1 aromatic rings. The van der Waals surface area contributed by atoms with Gasteiger partial charge in [-0.05, 0) is 37.0 Å². The summed E-state index contributed by atoms with van der Waals surface area (Å²) in [5.41, 5.74) is 0. The quantitative estimate of drug-likeness (QED) is 0.741. The van der Waals surface area contributed by atoms with Crippen molar-refractivity contribution in [3.05, 3.63) is 28.5 Å². The lowest BCUT2D eigenvalue weighted by Gasteiger charge is -2.27. The number of rotatable bonds is 4. The van der Waals surface area contributed by atoms with E-state index < -0.39 is 15.8 Å². The van der Waals surface area contributed by atoms with Crippen molar-refractivity contribution >= 4 is 41.9 Å². The van der Waals surface area contributed by atoms with Gasteiger partial charge in [0.25, 0.3) is 0 Å². The zero-order chi connectivity index (χ0) is 14.8. The van der Waals surface area contributed by atoms with E-state index in [1.165, 1.54) is 18.6 Å². The fraction of sp³-hybridized carbons (Fsp3) is 0.538. The van der Waals surface area contributed by atoms with Crippen LogP contribution >= 0.6 is 31.9 Å². The van der Waals surface area contributed by atoms with Gasteiger partial charge in [-0.3, -0.25) is 0 Å². The summed E-state index contributed by atoms with van der Waals surface area (Å²) >= 11 is 6.70. The number of sulfonamides is 1. The molecule has 1 N–H and O–H groups in total. The number of benzene rings is 1. The van der Waals surface area contributed by atoms with Gasteiger partial charge in [-0.25, -0.2) is 17.5 Å². The second-order valence-corrected chi connectivity index (χ2v) is 8.81. The van der Waals surface area contributed by atoms with Gasteiger partial charge in [0.2, 0.25) is 10.0 Å². The van der Waals surface area contributed by atoms with Gasteiger partial charge < -0.3 is 0 Å². The molecule has 1 aliphatic carbocycles. The summed E-state index contributed by atoms with van der Waals surface area (Å²) in [6.07, 6.45) is 4.32. The minimum absolute atomic E-state index is 0.261. The Bertz CT molecular complexity index is 580. The van der Waals surface area contributed by atoms with Crippen molar-refractivity contribution in [2.75, 3.05) is 6.54 Å². The maximum absolute atomic E-state index is 13.7. The molecule has 2 atom stereocenters. The summed E-state index contributed by atoms with van der Waals surface area (Å²) in [4.78, 5) is 0.0244. The summed E-state index contributed by atoms with van der Waals surface area (Å²) in [5, 5.41) is 0. The largest absolute Gasteiger partial charge is 0.243 e. The second-order valence-electron chi connectivity index (χ2n) is 4.99. The van der Waals surface area contributed by atoms with Crippen LogP contribution in [0.1, 0.15) is 25.7 Å². The first-order valence-corrected chi connectivity index (χ1v) is 9.68. The topological polar surface area (TPSA) is 46.2 Å². The Morgan fingerprint density at radius 2 is 2.00 bits per heavy atom. The van der Waals surface area contributed by atoms with Crippen LogP contribution in [0.5, 0.6) is 0 Å². The minimum Gasteiger partial charge on any atom is -0.211 e. The highest BCUT2D eigenvalue weighted by molar-refractivity contribution is 9.10. The lowest BCUT2D eigenvalue weighted by atomic mass is 9.89. The molecule has 0 heterocycles. The summed E-state index contributed by atoms with van der Waals surface area (Å²) in [6, 6.07) is 3.95. The molecule has 112 valence electrons. The van der Waals surface area contributed by atoms with E-state index in [0.29, 0.717) is 15.8 Å². The minimum atomic E-state index is -3.80. The molecule has 1 saturated carbocycles. The zero-order valence-electron chi connectivity index (χ0n) is 10.8. The number of nitrogens with one attached hydrogen (secondary N) is 1. The molecular weight excluding hydrogens is 413 g/mol. The molecule has 2 rings (SSSR count). The predicted molar refractivity (Wildman–Crippen MR) is 84.0 cm³/mol. The number of halogens is 3. The lowest BCUT2D eigenvalue weighted by molar-refractivity contribution is 0.373. The van der Waals surface area contributed by atoms with Gasteiger partial charge in [0.05, 0.1) is 0 Å². The van der Waals surface area contributed by atoms with E-state index in [0.717, 1.165) is 25.3 Å². The first-order valence-electron chi connectivity index (χ1n) is 6.49. The summed E-state index contributed by atoms with van der Waals surface area (Å²) in [6.45, 7) is 0.341. The molecule has 0 aliphatic heterocycles. The molecule has 1 aromatic carbocycles. The van der Waals surface area contributed by atoms with Crippen molar-refractivity contribution < 1.29 is 12.8 Å². The van der Waals surface area contributed by atoms with Crippen molar-refractivity contribution in [1.82, 2.24) is 4.72 Å². The molecule has 7 heteroatoms. The van der Waals surface area contributed by atoms with Gasteiger partial charge in [-0.1, -0.05) is 44.7 Å². The number of hydrogen-bond donors (Lipinski definition) is 1. The van der Waals surface area contributed by atoms with E-state index in [1.807, 2.05) is 0 Å². The summed E-state index contributed by atoms with van der Waals surface area (Å²) in [5.74, 6) is -0.483. The lowest BCUT2D eigenvalue weighted by Crippen LogP contribution is -2.34. The van der Waals surface area contributed by atoms with E-state index >= 15 is 0 Å². The molecular formula is C13H16Br2FNO2S. The zero-order valence-corrected chi connectivity index (χ0v) is 14.8. The summed E-state index contributed by atoms with van der Waals surface area (Å²) < 4.78 is 41.0. The SMILES string of the molecule is O=S(=O)(NCC1CCCCC1Br)c1ccc(Br)cc1F. The van der Waals surface area contributed by atoms with Crippen molar-refractivity contribution in [2.45, 2.75) is 35.4 Å². The smallest absolute Gasteiger partial charge is 0.211 e. The van der Waals surface area contributed by atoms with Crippen LogP contribution < -0.4 is 4.72 Å². The molecule has 1 fully saturated rings. The van der Waals surface area contributed by atoms with Crippen LogP contribution in [0.3, 0.4) is 0 Å². The van der Waals surface area contributed by atoms with Gasteiger partial charge in [-0.2, -0.15) is 0 Å². The Kier molecular flexibility index (Phi) is 5.62. The molecule has 0 amide bonds. The van der Waals surface area contributed by atoms with Gasteiger partial charge in [0, 0.05) is 15.8 Å². The Morgan fingerprint density at radius 1 is 1.30 bits per heavy atom. The fourth-order valence-electron chi connectivity index (χ4n) is 2.38. The molecule has 2 unspecified atom stereocenters. The predicted octanol–water partition coefficient (Wildman–Crippen LogP) is 3.82. The molecule has 20 heavy (non-hydrogen) atoms. The van der Waals surface area contributed by atoms with Crippen LogP contribution in [-0.4, -0.2) is 19.8 Å². The first-order chi connectivity index (χ1) is 9.40. The average Bonchev–Trinajstić information content (AvgIpc) is 2.37. The molecule has 3 nitrogen and oxygen atoms in total. The Morgan fingerprint density at radius 3 is 2.65 bits per heavy atom. The molecule has 0 bridgehead atoms. The molecule has 1 aliphatic rings. The van der Waals surface area contributed by atoms with Crippen LogP contribution in [0.4, 0.5) is 4.39 Å². The fourth-order valence-corrected chi connectivity index (χ4v) is 4.64. The van der Waals surface area contributed by atoms with E-state index in [2.05, 4.69) is 36.6 Å². The average molecular weight is 429 g/mol. The van der Waals surface area contributed by atoms with E-state index in [1.54, 1.807) is 0 Å². The Balaban J connectivity index is 2.07. The van der Waals surface area contributed by atoms with Gasteiger partial charge in [0.15, 0.2) is 0 Å². The first kappa shape index (κ1) is 16.4. The van der Waals surface area contributed by atoms with Crippen molar-refractivity contribution in [3.63, 3.8) is 0 Å². The van der Waals surface area contributed by atoms with Gasteiger partial charge in [0.1, 0.15) is 10.7 Å². The highest BCUT2D eigenvalue weighted by Crippen LogP contribution is 2.29. The Hall–Kier alpha value is 0.0200. The van der Waals surface area contributed by atoms with E-state index in [4.69, 9.17) is 0 Å². The van der Waals surface area contributed by atoms with Crippen molar-refractivity contribution in [2.24, 2.45) is 5.92 Å². The highest BCUT2D eigenvalue weighted by Gasteiger charge is 2.26. The van der Waals surface area contributed by atoms with Crippen LogP contribution in [-0.2, 0) is 10.0 Å². The number of hydrogen-bond acceptors (Lipinski definition) is 2. The molecule has 0 saturated heterocycles. The number of alkyl halides is 1. The Labute approximate surface area is 135 Å². The molecule has 0 spiro atoms. The maximum atomic E-state index is 13.7. The van der Waals surface area contributed by atoms with E-state index in [9.17, 15) is 12.8 Å². The third kappa shape index (κ3) is 4.02. The second kappa shape index (κ2) is 6.85. The van der Waals surface area contributed by atoms with Crippen LogP contribution in [0.25, 0.3) is 0 Å². The molecule has 0 radical (unpaired) electrons. The van der Waals surface area contributed by atoms with Crippen LogP contribution in [0, 0.1) is 11.7 Å². The standard InChI is InChI=1S/C13H16Br2FNO2S/c14-10-5-6-13(12(16)7-10)20(18,19)17-8-9-3-1-2-4-11(9)15/h5-7,9,11,17H,1-4,8H2. The third-order valence-electron chi connectivity index (χ3n) is 3.54. The van der Waals surface area contributed by atoms with Gasteiger partial charge in [-0.15, -0.1) is 0 Å². The van der Waals surface area contributed by atoms with Gasteiger partial charge >= 0.3 is 0 Å². The monoisotopic (exact) mass is 427 g/mol.